The minimum atomic E-state index is -0.391. The van der Waals surface area contributed by atoms with E-state index in [1.54, 1.807) is 12.3 Å². The van der Waals surface area contributed by atoms with Gasteiger partial charge in [-0.3, -0.25) is 4.79 Å². The number of rotatable bonds is 5. The minimum absolute atomic E-state index is 0.175. The zero-order valence-electron chi connectivity index (χ0n) is 11.3. The molecule has 108 valence electrons. The van der Waals surface area contributed by atoms with E-state index < -0.39 is 5.82 Å². The Morgan fingerprint density at radius 1 is 1.40 bits per heavy atom. The SMILES string of the molecule is O=C(COc1cccc(F)c1)N/N=C\C1CCCCC1. The van der Waals surface area contributed by atoms with Crippen LogP contribution >= 0.6 is 0 Å². The van der Waals surface area contributed by atoms with Crippen LogP contribution in [0.25, 0.3) is 0 Å². The van der Waals surface area contributed by atoms with Gasteiger partial charge in [0.15, 0.2) is 6.61 Å². The van der Waals surface area contributed by atoms with Crippen molar-refractivity contribution in [2.45, 2.75) is 32.1 Å². The van der Waals surface area contributed by atoms with Crippen LogP contribution in [0, 0.1) is 11.7 Å². The van der Waals surface area contributed by atoms with Gasteiger partial charge in [-0.1, -0.05) is 25.3 Å². The number of nitrogens with zero attached hydrogens (tertiary/aromatic N) is 1. The van der Waals surface area contributed by atoms with Crippen molar-refractivity contribution in [2.75, 3.05) is 6.61 Å². The molecule has 1 aromatic rings. The van der Waals surface area contributed by atoms with Crippen molar-refractivity contribution in [1.82, 2.24) is 5.43 Å². The summed E-state index contributed by atoms with van der Waals surface area (Å²) in [5.74, 6) is 0.0594. The van der Waals surface area contributed by atoms with Crippen LogP contribution in [0.1, 0.15) is 32.1 Å². The molecule has 1 N–H and O–H groups in total. The van der Waals surface area contributed by atoms with Crippen molar-refractivity contribution in [3.63, 3.8) is 0 Å². The third-order valence-electron chi connectivity index (χ3n) is 3.29. The van der Waals surface area contributed by atoms with Gasteiger partial charge in [0.05, 0.1) is 0 Å². The molecule has 1 aliphatic carbocycles. The van der Waals surface area contributed by atoms with E-state index in [0.717, 1.165) is 12.8 Å². The van der Waals surface area contributed by atoms with Crippen LogP contribution in [-0.2, 0) is 4.79 Å². The van der Waals surface area contributed by atoms with Gasteiger partial charge in [0.1, 0.15) is 11.6 Å². The van der Waals surface area contributed by atoms with Crippen LogP contribution in [0.4, 0.5) is 4.39 Å². The molecule has 1 fully saturated rings. The molecule has 0 unspecified atom stereocenters. The lowest BCUT2D eigenvalue weighted by atomic mass is 9.90. The maximum Gasteiger partial charge on any atom is 0.277 e. The smallest absolute Gasteiger partial charge is 0.277 e. The molecule has 1 aromatic carbocycles. The standard InChI is InChI=1S/C15H19FN2O2/c16-13-7-4-8-14(9-13)20-11-15(19)18-17-10-12-5-2-1-3-6-12/h4,7-10,12H,1-3,5-6,11H2,(H,18,19)/b17-10-. The van der Waals surface area contributed by atoms with Crippen molar-refractivity contribution in [3.8, 4) is 5.75 Å². The Bertz CT molecular complexity index is 471. The summed E-state index contributed by atoms with van der Waals surface area (Å²) in [5, 5.41) is 3.95. The molecule has 0 radical (unpaired) electrons. The second-order valence-electron chi connectivity index (χ2n) is 4.96. The monoisotopic (exact) mass is 278 g/mol. The number of hydrogen-bond acceptors (Lipinski definition) is 3. The Morgan fingerprint density at radius 3 is 2.95 bits per heavy atom. The first-order chi connectivity index (χ1) is 9.74. The molecule has 20 heavy (non-hydrogen) atoms. The Morgan fingerprint density at radius 2 is 2.20 bits per heavy atom. The molecule has 5 heteroatoms. The minimum Gasteiger partial charge on any atom is -0.484 e. The van der Waals surface area contributed by atoms with Gasteiger partial charge < -0.3 is 4.74 Å². The van der Waals surface area contributed by atoms with Gasteiger partial charge in [-0.15, -0.1) is 0 Å². The van der Waals surface area contributed by atoms with Crippen LogP contribution in [0.2, 0.25) is 0 Å². The van der Waals surface area contributed by atoms with Crippen molar-refractivity contribution >= 4 is 12.1 Å². The number of carbonyl (C=O) groups is 1. The van der Waals surface area contributed by atoms with Crippen molar-refractivity contribution in [1.29, 1.82) is 0 Å². The summed E-state index contributed by atoms with van der Waals surface area (Å²) in [6.45, 7) is -0.175. The molecule has 1 amide bonds. The summed E-state index contributed by atoms with van der Waals surface area (Å²) in [6, 6.07) is 5.69. The molecule has 2 rings (SSSR count). The first-order valence-electron chi connectivity index (χ1n) is 6.94. The quantitative estimate of drug-likeness (QED) is 0.665. The topological polar surface area (TPSA) is 50.7 Å². The average Bonchev–Trinajstić information content (AvgIpc) is 2.46. The van der Waals surface area contributed by atoms with Crippen molar-refractivity contribution < 1.29 is 13.9 Å². The van der Waals surface area contributed by atoms with Gasteiger partial charge in [-0.05, 0) is 30.9 Å². The summed E-state index contributed by atoms with van der Waals surface area (Å²) in [6.07, 6.45) is 7.83. The normalized spacial score (nSPS) is 16.2. The molecular weight excluding hydrogens is 259 g/mol. The number of hydrogen-bond donors (Lipinski definition) is 1. The number of nitrogens with one attached hydrogen (secondary N) is 1. The molecule has 0 saturated heterocycles. The number of carbonyl (C=O) groups excluding carboxylic acids is 1. The maximum atomic E-state index is 12.9. The van der Waals surface area contributed by atoms with E-state index >= 15 is 0 Å². The van der Waals surface area contributed by atoms with Crippen molar-refractivity contribution in [3.05, 3.63) is 30.1 Å². The molecule has 1 saturated carbocycles. The predicted octanol–water partition coefficient (Wildman–Crippen LogP) is 2.89. The Balaban J connectivity index is 1.68. The molecule has 0 aliphatic heterocycles. The Hall–Kier alpha value is -1.91. The van der Waals surface area contributed by atoms with E-state index in [9.17, 15) is 9.18 Å². The summed E-state index contributed by atoms with van der Waals surface area (Å²) < 4.78 is 18.1. The first kappa shape index (κ1) is 14.5. The van der Waals surface area contributed by atoms with Gasteiger partial charge in [0, 0.05) is 12.3 Å². The Kier molecular flexibility index (Phi) is 5.53. The van der Waals surface area contributed by atoms with E-state index in [4.69, 9.17) is 4.74 Å². The summed E-state index contributed by atoms with van der Waals surface area (Å²) in [4.78, 5) is 11.5. The van der Waals surface area contributed by atoms with E-state index in [1.165, 1.54) is 37.5 Å². The number of benzene rings is 1. The number of amides is 1. The highest BCUT2D eigenvalue weighted by atomic mass is 19.1. The second kappa shape index (κ2) is 7.62. The fraction of sp³-hybridized carbons (Fsp3) is 0.467. The first-order valence-corrected chi connectivity index (χ1v) is 6.94. The van der Waals surface area contributed by atoms with Gasteiger partial charge >= 0.3 is 0 Å². The fourth-order valence-electron chi connectivity index (χ4n) is 2.24. The molecule has 0 heterocycles. The third kappa shape index (κ3) is 4.99. The highest BCUT2D eigenvalue weighted by Gasteiger charge is 2.10. The second-order valence-corrected chi connectivity index (χ2v) is 4.96. The van der Waals surface area contributed by atoms with Gasteiger partial charge in [-0.25, -0.2) is 9.82 Å². The van der Waals surface area contributed by atoms with Crippen LogP contribution in [0.15, 0.2) is 29.4 Å². The molecule has 0 aromatic heterocycles. The third-order valence-corrected chi connectivity index (χ3v) is 3.29. The molecule has 0 spiro atoms. The fourth-order valence-corrected chi connectivity index (χ4v) is 2.24. The lowest BCUT2D eigenvalue weighted by Crippen LogP contribution is -2.25. The van der Waals surface area contributed by atoms with E-state index in [0.29, 0.717) is 11.7 Å². The largest absolute Gasteiger partial charge is 0.484 e. The molecular formula is C15H19FN2O2. The van der Waals surface area contributed by atoms with Crippen LogP contribution in [-0.4, -0.2) is 18.7 Å². The number of halogens is 1. The summed E-state index contributed by atoms with van der Waals surface area (Å²) in [7, 11) is 0. The van der Waals surface area contributed by atoms with Crippen LogP contribution < -0.4 is 10.2 Å². The molecule has 0 atom stereocenters. The lowest BCUT2D eigenvalue weighted by molar-refractivity contribution is -0.123. The lowest BCUT2D eigenvalue weighted by Gasteiger charge is -2.16. The van der Waals surface area contributed by atoms with Gasteiger partial charge in [0.25, 0.3) is 5.91 Å². The average molecular weight is 278 g/mol. The highest BCUT2D eigenvalue weighted by Crippen LogP contribution is 2.21. The highest BCUT2D eigenvalue weighted by molar-refractivity contribution is 5.78. The van der Waals surface area contributed by atoms with E-state index in [1.807, 2.05) is 0 Å². The zero-order valence-corrected chi connectivity index (χ0v) is 11.3. The molecule has 4 nitrogen and oxygen atoms in total. The van der Waals surface area contributed by atoms with Gasteiger partial charge in [0.2, 0.25) is 0 Å². The molecule has 0 bridgehead atoms. The van der Waals surface area contributed by atoms with Gasteiger partial charge in [-0.2, -0.15) is 5.10 Å². The molecule has 1 aliphatic rings. The predicted molar refractivity (Wildman–Crippen MR) is 75.1 cm³/mol. The summed E-state index contributed by atoms with van der Waals surface area (Å²) in [5.41, 5.74) is 2.43. The van der Waals surface area contributed by atoms with Crippen LogP contribution in [0.3, 0.4) is 0 Å². The van der Waals surface area contributed by atoms with Crippen LogP contribution in [0.5, 0.6) is 5.75 Å². The maximum absolute atomic E-state index is 12.9. The zero-order chi connectivity index (χ0) is 14.2. The van der Waals surface area contributed by atoms with Crippen molar-refractivity contribution in [2.24, 2.45) is 11.0 Å². The number of hydrazone groups is 1. The Labute approximate surface area is 118 Å². The summed E-state index contributed by atoms with van der Waals surface area (Å²) >= 11 is 0. The van der Waals surface area contributed by atoms with E-state index in [-0.39, 0.29) is 12.5 Å². The van der Waals surface area contributed by atoms with E-state index in [2.05, 4.69) is 10.5 Å². The number of ether oxygens (including phenoxy) is 1.